The molecule has 0 fully saturated rings. The summed E-state index contributed by atoms with van der Waals surface area (Å²) in [6, 6.07) is 13.0. The average Bonchev–Trinajstić information content (AvgIpc) is 2.56. The Balaban J connectivity index is 2.12. The highest BCUT2D eigenvalue weighted by atomic mass is 16.3. The van der Waals surface area contributed by atoms with E-state index < -0.39 is 17.1 Å². The highest BCUT2D eigenvalue weighted by Crippen LogP contribution is 2.20. The summed E-state index contributed by atoms with van der Waals surface area (Å²) in [6.07, 6.45) is 1.15. The van der Waals surface area contributed by atoms with Crippen LogP contribution in [0.1, 0.15) is 11.1 Å². The third-order valence-electron chi connectivity index (χ3n) is 3.59. The first-order chi connectivity index (χ1) is 12.0. The molecule has 0 bridgehead atoms. The minimum Gasteiger partial charge on any atom is -0.508 e. The fraction of sp³-hybridized carbons (Fsp3) is 0.0556. The van der Waals surface area contributed by atoms with E-state index >= 15 is 0 Å². The van der Waals surface area contributed by atoms with Crippen LogP contribution >= 0.6 is 0 Å². The van der Waals surface area contributed by atoms with Crippen molar-refractivity contribution >= 4 is 11.9 Å². The number of aryl methyl sites for hydroxylation is 1. The first kappa shape index (κ1) is 16.3. The fourth-order valence-electron chi connectivity index (χ4n) is 2.30. The maximum atomic E-state index is 12.1. The lowest BCUT2D eigenvalue weighted by atomic mass is 10.2. The Kier molecular flexibility index (Phi) is 4.21. The van der Waals surface area contributed by atoms with Crippen molar-refractivity contribution in [2.45, 2.75) is 6.92 Å². The Labute approximate surface area is 142 Å². The summed E-state index contributed by atoms with van der Waals surface area (Å²) in [4.78, 5) is 30.3. The lowest BCUT2D eigenvalue weighted by Crippen LogP contribution is -2.31. The third-order valence-corrected chi connectivity index (χ3v) is 3.59. The van der Waals surface area contributed by atoms with Gasteiger partial charge in [-0.15, -0.1) is 0 Å². The molecule has 25 heavy (non-hydrogen) atoms. The molecule has 0 saturated carbocycles. The van der Waals surface area contributed by atoms with Crippen LogP contribution in [0, 0.1) is 6.92 Å². The summed E-state index contributed by atoms with van der Waals surface area (Å²) in [7, 11) is 0. The Bertz CT molecular complexity index is 1060. The van der Waals surface area contributed by atoms with Crippen molar-refractivity contribution in [2.24, 2.45) is 4.99 Å². The van der Waals surface area contributed by atoms with E-state index in [1.807, 2.05) is 6.92 Å². The Morgan fingerprint density at radius 3 is 2.48 bits per heavy atom. The summed E-state index contributed by atoms with van der Waals surface area (Å²) in [5, 5.41) is 19.8. The maximum absolute atomic E-state index is 12.1. The van der Waals surface area contributed by atoms with E-state index in [1.54, 1.807) is 36.4 Å². The molecule has 0 aliphatic rings. The van der Waals surface area contributed by atoms with Crippen molar-refractivity contribution in [3.8, 4) is 17.3 Å². The molecule has 0 unspecified atom stereocenters. The summed E-state index contributed by atoms with van der Waals surface area (Å²) < 4.78 is 0.991. The Hall–Kier alpha value is -3.61. The van der Waals surface area contributed by atoms with Gasteiger partial charge >= 0.3 is 5.69 Å². The first-order valence-corrected chi connectivity index (χ1v) is 7.44. The highest BCUT2D eigenvalue weighted by Gasteiger charge is 2.14. The first-order valence-electron chi connectivity index (χ1n) is 7.44. The molecule has 7 heteroatoms. The number of aromatic hydroxyl groups is 2. The van der Waals surface area contributed by atoms with E-state index in [-0.39, 0.29) is 11.3 Å². The zero-order valence-corrected chi connectivity index (χ0v) is 13.3. The van der Waals surface area contributed by atoms with Crippen LogP contribution in [0.15, 0.2) is 63.1 Å². The topological polar surface area (TPSA) is 108 Å². The van der Waals surface area contributed by atoms with Gasteiger partial charge in [0.25, 0.3) is 5.56 Å². The van der Waals surface area contributed by atoms with Crippen LogP contribution in [-0.4, -0.2) is 26.0 Å². The summed E-state index contributed by atoms with van der Waals surface area (Å²) >= 11 is 0. The van der Waals surface area contributed by atoms with E-state index in [4.69, 9.17) is 0 Å². The van der Waals surface area contributed by atoms with Gasteiger partial charge in [0.05, 0.1) is 11.4 Å². The highest BCUT2D eigenvalue weighted by molar-refractivity contribution is 5.84. The smallest absolute Gasteiger partial charge is 0.335 e. The quantitative estimate of drug-likeness (QED) is 0.635. The van der Waals surface area contributed by atoms with E-state index in [0.717, 1.165) is 16.3 Å². The van der Waals surface area contributed by atoms with E-state index in [9.17, 15) is 19.8 Å². The largest absolute Gasteiger partial charge is 0.508 e. The van der Waals surface area contributed by atoms with Gasteiger partial charge < -0.3 is 10.2 Å². The van der Waals surface area contributed by atoms with Crippen molar-refractivity contribution in [3.63, 3.8) is 0 Å². The van der Waals surface area contributed by atoms with Crippen LogP contribution in [0.2, 0.25) is 0 Å². The van der Waals surface area contributed by atoms with Gasteiger partial charge in [0.2, 0.25) is 5.88 Å². The molecular formula is C18H15N3O4. The molecule has 0 aliphatic carbocycles. The molecule has 1 heterocycles. The van der Waals surface area contributed by atoms with Gasteiger partial charge in [-0.1, -0.05) is 23.8 Å². The number of hydrogen-bond acceptors (Lipinski definition) is 5. The van der Waals surface area contributed by atoms with Gasteiger partial charge in [-0.05, 0) is 31.2 Å². The van der Waals surface area contributed by atoms with Crippen LogP contribution in [0.25, 0.3) is 5.69 Å². The van der Waals surface area contributed by atoms with Crippen LogP contribution in [0.3, 0.4) is 0 Å². The van der Waals surface area contributed by atoms with Crippen LogP contribution in [0.4, 0.5) is 5.69 Å². The number of phenolic OH excluding ortho intramolecular Hbond substituents is 1. The fourth-order valence-corrected chi connectivity index (χ4v) is 2.30. The van der Waals surface area contributed by atoms with Crippen molar-refractivity contribution in [3.05, 3.63) is 80.5 Å². The number of aromatic nitrogens is 2. The number of hydrogen-bond donors (Lipinski definition) is 3. The van der Waals surface area contributed by atoms with Gasteiger partial charge in [-0.25, -0.2) is 9.36 Å². The Morgan fingerprint density at radius 2 is 1.80 bits per heavy atom. The van der Waals surface area contributed by atoms with Crippen LogP contribution in [0.5, 0.6) is 11.6 Å². The number of aromatic amines is 1. The molecule has 0 atom stereocenters. The Morgan fingerprint density at radius 1 is 1.08 bits per heavy atom. The van der Waals surface area contributed by atoms with E-state index in [2.05, 4.69) is 9.98 Å². The second-order valence-corrected chi connectivity index (χ2v) is 5.45. The molecule has 0 saturated heterocycles. The number of nitrogens with zero attached hydrogens (tertiary/aromatic N) is 2. The SMILES string of the molecule is Cc1ccc(-n2c(O)c(C=Nc3cccc(O)c3)c(=O)[nH]c2=O)cc1. The molecule has 0 spiro atoms. The maximum Gasteiger partial charge on any atom is 0.335 e. The van der Waals surface area contributed by atoms with E-state index in [0.29, 0.717) is 11.4 Å². The second kappa shape index (κ2) is 6.48. The summed E-state index contributed by atoms with van der Waals surface area (Å²) in [5.41, 5.74) is 0.133. The number of H-pyrrole nitrogens is 1. The number of phenols is 1. The van der Waals surface area contributed by atoms with Gasteiger partial charge in [-0.3, -0.25) is 14.8 Å². The zero-order chi connectivity index (χ0) is 18.0. The second-order valence-electron chi connectivity index (χ2n) is 5.45. The third kappa shape index (κ3) is 3.35. The number of aliphatic imine (C=N–C) groups is 1. The monoisotopic (exact) mass is 337 g/mol. The molecule has 2 aromatic carbocycles. The molecule has 126 valence electrons. The normalized spacial score (nSPS) is 11.1. The van der Waals surface area contributed by atoms with Crippen LogP contribution < -0.4 is 11.2 Å². The number of nitrogens with one attached hydrogen (secondary N) is 1. The lowest BCUT2D eigenvalue weighted by Gasteiger charge is -2.09. The molecule has 0 aliphatic heterocycles. The summed E-state index contributed by atoms with van der Waals surface area (Å²) in [6.45, 7) is 1.90. The molecule has 3 rings (SSSR count). The van der Waals surface area contributed by atoms with E-state index in [1.165, 1.54) is 12.1 Å². The van der Waals surface area contributed by atoms with Gasteiger partial charge in [0, 0.05) is 12.3 Å². The molecule has 1 aromatic heterocycles. The van der Waals surface area contributed by atoms with Crippen molar-refractivity contribution < 1.29 is 10.2 Å². The van der Waals surface area contributed by atoms with Gasteiger partial charge in [0.15, 0.2) is 0 Å². The minimum absolute atomic E-state index is 0.0254. The predicted molar refractivity (Wildman–Crippen MR) is 94.4 cm³/mol. The molecular weight excluding hydrogens is 322 g/mol. The zero-order valence-electron chi connectivity index (χ0n) is 13.3. The summed E-state index contributed by atoms with van der Waals surface area (Å²) in [5.74, 6) is -0.487. The standard InChI is InChI=1S/C18H15N3O4/c1-11-5-7-13(8-6-11)21-17(24)15(16(23)20-18(21)25)10-19-12-3-2-4-14(22)9-12/h2-10,22,24H,1H3,(H,20,23,25). The van der Waals surface area contributed by atoms with Crippen molar-refractivity contribution in [2.75, 3.05) is 0 Å². The van der Waals surface area contributed by atoms with Crippen LogP contribution in [-0.2, 0) is 0 Å². The lowest BCUT2D eigenvalue weighted by molar-refractivity contribution is 0.430. The number of rotatable bonds is 3. The molecule has 0 amide bonds. The average molecular weight is 337 g/mol. The van der Waals surface area contributed by atoms with Gasteiger partial charge in [-0.2, -0.15) is 0 Å². The molecule has 7 nitrogen and oxygen atoms in total. The molecule has 0 radical (unpaired) electrons. The van der Waals surface area contributed by atoms with Crippen molar-refractivity contribution in [1.29, 1.82) is 0 Å². The minimum atomic E-state index is -0.755. The van der Waals surface area contributed by atoms with Crippen molar-refractivity contribution in [1.82, 2.24) is 9.55 Å². The molecule has 3 N–H and O–H groups in total. The van der Waals surface area contributed by atoms with Gasteiger partial charge in [0.1, 0.15) is 11.3 Å². The molecule has 3 aromatic rings. The number of benzene rings is 2. The predicted octanol–water partition coefficient (Wildman–Crippen LogP) is 2.00.